The number of anilines is 2. The fourth-order valence-electron chi connectivity index (χ4n) is 8.71. The number of ether oxygens (including phenoxy) is 2. The summed E-state index contributed by atoms with van der Waals surface area (Å²) in [6.45, 7) is 8.18. The van der Waals surface area contributed by atoms with Crippen LogP contribution in [0.5, 0.6) is 5.75 Å². The first kappa shape index (κ1) is 37.4. The molecule has 4 aromatic rings. The normalized spacial score (nSPS) is 21.6. The Bertz CT molecular complexity index is 2370. The highest BCUT2D eigenvalue weighted by atomic mass is 16.5. The number of piperidine rings is 2. The molecule has 0 spiro atoms. The maximum absolute atomic E-state index is 13.9. The van der Waals surface area contributed by atoms with Crippen molar-refractivity contribution < 1.29 is 38.2 Å². The van der Waals surface area contributed by atoms with E-state index >= 15 is 0 Å². The van der Waals surface area contributed by atoms with Crippen LogP contribution in [0.1, 0.15) is 86.5 Å². The van der Waals surface area contributed by atoms with Crippen molar-refractivity contribution in [3.8, 4) is 5.75 Å². The van der Waals surface area contributed by atoms with E-state index in [-0.39, 0.29) is 54.0 Å². The molecular weight excluding hydrogens is 747 g/mol. The summed E-state index contributed by atoms with van der Waals surface area (Å²) in [7, 11) is 0. The van der Waals surface area contributed by atoms with E-state index < -0.39 is 29.7 Å². The Morgan fingerprint density at radius 1 is 0.983 bits per heavy atom. The summed E-state index contributed by atoms with van der Waals surface area (Å²) in [5.41, 5.74) is 3.93. The van der Waals surface area contributed by atoms with Crippen LogP contribution in [0.3, 0.4) is 0 Å². The summed E-state index contributed by atoms with van der Waals surface area (Å²) in [6.07, 6.45) is 6.27. The summed E-state index contributed by atoms with van der Waals surface area (Å²) in [6, 6.07) is 9.53. The quantitative estimate of drug-likeness (QED) is 0.236. The van der Waals surface area contributed by atoms with Crippen LogP contribution in [-0.2, 0) is 20.9 Å². The number of carbonyl (C=O) groups excluding carboxylic acids is 6. The van der Waals surface area contributed by atoms with Crippen molar-refractivity contribution in [2.45, 2.75) is 70.4 Å². The van der Waals surface area contributed by atoms with Gasteiger partial charge in [-0.3, -0.25) is 39.0 Å². The average Bonchev–Trinajstić information content (AvgIpc) is 3.86. The van der Waals surface area contributed by atoms with Crippen LogP contribution in [0.25, 0.3) is 5.65 Å². The summed E-state index contributed by atoms with van der Waals surface area (Å²) in [5.74, 6) is -2.11. The summed E-state index contributed by atoms with van der Waals surface area (Å²) in [5, 5.41) is 9.44. The standard InChI is InChI=1S/C41H43N9O8/c1-23(2)58-34-18-29-24(16-32(34)44-37(52)31-19-43-49-11-3-10-42-36(31)49)20-48(39(29)54)25-8-12-46(13-9-25)21-27-22-47(14-15-57-27)26-4-5-28-30(17-26)41(56)50(40(28)55)33-6-7-35(51)45-38(33)53/h3-5,10-11,16-19,23,25,27,33H,6-9,12-15,20-22H2,1-2H3,(H,44,52)(H,45,51,53)/t27-,33?/m0/s1. The van der Waals surface area contributed by atoms with Gasteiger partial charge in [-0.2, -0.15) is 5.10 Å². The number of fused-ring (bicyclic) bond motifs is 3. The fraction of sp³-hybridized carbons (Fsp3) is 0.415. The molecule has 5 aliphatic heterocycles. The first-order valence-electron chi connectivity index (χ1n) is 19.7. The number of hydrogen-bond acceptors (Lipinski definition) is 12. The fourth-order valence-corrected chi connectivity index (χ4v) is 8.71. The molecule has 7 heterocycles. The number of amides is 6. The Morgan fingerprint density at radius 2 is 1.79 bits per heavy atom. The minimum absolute atomic E-state index is 0.0451. The number of benzene rings is 2. The van der Waals surface area contributed by atoms with Gasteiger partial charge in [-0.1, -0.05) is 0 Å². The van der Waals surface area contributed by atoms with Crippen molar-refractivity contribution in [2.24, 2.45) is 0 Å². The van der Waals surface area contributed by atoms with Crippen LogP contribution in [0.2, 0.25) is 0 Å². The molecule has 0 radical (unpaired) electrons. The molecule has 1 unspecified atom stereocenters. The zero-order valence-corrected chi connectivity index (χ0v) is 32.2. The Morgan fingerprint density at radius 3 is 2.59 bits per heavy atom. The Labute approximate surface area is 333 Å². The molecular formula is C41H43N9O8. The number of nitrogens with zero attached hydrogens (tertiary/aromatic N) is 7. The third-order valence-electron chi connectivity index (χ3n) is 11.6. The second kappa shape index (κ2) is 14.9. The Balaban J connectivity index is 0.817. The number of hydrogen-bond donors (Lipinski definition) is 2. The number of aromatic nitrogens is 3. The average molecular weight is 790 g/mol. The van der Waals surface area contributed by atoms with E-state index in [0.29, 0.717) is 61.0 Å². The molecule has 17 heteroatoms. The molecule has 3 fully saturated rings. The van der Waals surface area contributed by atoms with Gasteiger partial charge in [0.25, 0.3) is 23.6 Å². The monoisotopic (exact) mass is 789 g/mol. The molecule has 5 aliphatic rings. The van der Waals surface area contributed by atoms with Crippen molar-refractivity contribution in [2.75, 3.05) is 49.5 Å². The zero-order chi connectivity index (χ0) is 40.2. The van der Waals surface area contributed by atoms with Gasteiger partial charge in [0.05, 0.1) is 41.8 Å². The topological polar surface area (TPSA) is 188 Å². The second-order valence-corrected chi connectivity index (χ2v) is 15.7. The number of nitrogens with one attached hydrogen (secondary N) is 2. The minimum Gasteiger partial charge on any atom is -0.489 e. The smallest absolute Gasteiger partial charge is 0.262 e. The zero-order valence-electron chi connectivity index (χ0n) is 32.2. The van der Waals surface area contributed by atoms with Crippen molar-refractivity contribution >= 4 is 52.5 Å². The third kappa shape index (κ3) is 6.83. The maximum atomic E-state index is 13.9. The van der Waals surface area contributed by atoms with Crippen molar-refractivity contribution in [3.05, 3.63) is 82.8 Å². The molecule has 9 rings (SSSR count). The van der Waals surface area contributed by atoms with Crippen LogP contribution in [0.15, 0.2) is 55.0 Å². The first-order chi connectivity index (χ1) is 28.0. The Kier molecular flexibility index (Phi) is 9.64. The molecule has 0 aliphatic carbocycles. The van der Waals surface area contributed by atoms with Gasteiger partial charge in [0.2, 0.25) is 11.8 Å². The van der Waals surface area contributed by atoms with Gasteiger partial charge >= 0.3 is 0 Å². The number of rotatable bonds is 9. The van der Waals surface area contributed by atoms with E-state index in [9.17, 15) is 28.8 Å². The molecule has 58 heavy (non-hydrogen) atoms. The van der Waals surface area contributed by atoms with Crippen LogP contribution < -0.4 is 20.3 Å². The van der Waals surface area contributed by atoms with Gasteiger partial charge in [-0.15, -0.1) is 0 Å². The van der Waals surface area contributed by atoms with E-state index in [1.165, 1.54) is 10.7 Å². The molecule has 6 amide bonds. The van der Waals surface area contributed by atoms with Gasteiger partial charge in [0.1, 0.15) is 17.4 Å². The lowest BCUT2D eigenvalue weighted by Gasteiger charge is -2.40. The number of carbonyl (C=O) groups is 6. The highest BCUT2D eigenvalue weighted by Gasteiger charge is 2.45. The lowest BCUT2D eigenvalue weighted by Crippen LogP contribution is -2.54. The maximum Gasteiger partial charge on any atom is 0.262 e. The number of likely N-dealkylation sites (tertiary alicyclic amines) is 1. The van der Waals surface area contributed by atoms with Gasteiger partial charge in [0.15, 0.2) is 5.65 Å². The SMILES string of the molecule is CC(C)Oc1cc2c(cc1NC(=O)c1cnn3cccnc13)CN(C1CCN(C[C@H]3CN(c4ccc5c(c4)C(=O)N(C4CCC(=O)NC4=O)C5=O)CCO3)CC1)C2=O. The molecule has 0 bridgehead atoms. The Hall–Kier alpha value is -6.20. The molecule has 17 nitrogen and oxygen atoms in total. The van der Waals surface area contributed by atoms with Crippen LogP contribution in [-0.4, -0.2) is 128 Å². The third-order valence-corrected chi connectivity index (χ3v) is 11.6. The van der Waals surface area contributed by atoms with Gasteiger partial charge in [-0.05, 0) is 75.1 Å². The van der Waals surface area contributed by atoms with E-state index in [2.05, 4.69) is 30.5 Å². The van der Waals surface area contributed by atoms with E-state index in [1.54, 1.807) is 36.7 Å². The molecule has 300 valence electrons. The van der Waals surface area contributed by atoms with E-state index in [0.717, 1.165) is 42.1 Å². The van der Waals surface area contributed by atoms with Gasteiger partial charge < -0.3 is 29.5 Å². The van der Waals surface area contributed by atoms with Gasteiger partial charge in [-0.25, -0.2) is 9.50 Å². The highest BCUT2D eigenvalue weighted by molar-refractivity contribution is 6.23. The predicted molar refractivity (Wildman–Crippen MR) is 208 cm³/mol. The summed E-state index contributed by atoms with van der Waals surface area (Å²) < 4.78 is 13.8. The van der Waals surface area contributed by atoms with Crippen LogP contribution in [0.4, 0.5) is 11.4 Å². The van der Waals surface area contributed by atoms with Crippen molar-refractivity contribution in [1.29, 1.82) is 0 Å². The summed E-state index contributed by atoms with van der Waals surface area (Å²) in [4.78, 5) is 89.8. The lowest BCUT2D eigenvalue weighted by atomic mass is 10.0. The second-order valence-electron chi connectivity index (χ2n) is 15.7. The minimum atomic E-state index is -1.01. The largest absolute Gasteiger partial charge is 0.489 e. The molecule has 2 atom stereocenters. The molecule has 0 saturated carbocycles. The van der Waals surface area contributed by atoms with Crippen molar-refractivity contribution in [3.63, 3.8) is 0 Å². The van der Waals surface area contributed by atoms with Gasteiger partial charge in [0, 0.05) is 75.4 Å². The van der Waals surface area contributed by atoms with Crippen molar-refractivity contribution in [1.82, 2.24) is 34.6 Å². The predicted octanol–water partition coefficient (Wildman–Crippen LogP) is 2.50. The molecule has 2 N–H and O–H groups in total. The summed E-state index contributed by atoms with van der Waals surface area (Å²) >= 11 is 0. The molecule has 3 saturated heterocycles. The van der Waals surface area contributed by atoms with Crippen LogP contribution >= 0.6 is 0 Å². The van der Waals surface area contributed by atoms with Crippen LogP contribution in [0, 0.1) is 0 Å². The van der Waals surface area contributed by atoms with E-state index in [4.69, 9.17) is 9.47 Å². The lowest BCUT2D eigenvalue weighted by molar-refractivity contribution is -0.136. The number of imide groups is 2. The molecule has 2 aromatic heterocycles. The number of morpholine rings is 1. The molecule has 2 aromatic carbocycles. The highest BCUT2D eigenvalue weighted by Crippen LogP contribution is 2.37. The first-order valence-corrected chi connectivity index (χ1v) is 19.7. The van der Waals surface area contributed by atoms with E-state index in [1.807, 2.05) is 30.9 Å².